The molecule has 106 valence electrons. The molecule has 0 saturated carbocycles. The first kappa shape index (κ1) is 14.4. The molecule has 0 bridgehead atoms. The lowest BCUT2D eigenvalue weighted by Gasteiger charge is -1.98. The van der Waals surface area contributed by atoms with Crippen molar-refractivity contribution < 1.29 is 14.7 Å². The number of nitrogens with two attached hydrogens (primary N) is 1. The fraction of sp³-hybridized carbons (Fsp3) is 0.0667. The maximum absolute atomic E-state index is 10.8. The smallest absolute Gasteiger partial charge is 0.335 e. The van der Waals surface area contributed by atoms with E-state index in [2.05, 4.69) is 10.2 Å². The van der Waals surface area contributed by atoms with Gasteiger partial charge >= 0.3 is 5.97 Å². The van der Waals surface area contributed by atoms with Gasteiger partial charge in [-0.15, -0.1) is 0 Å². The Morgan fingerprint density at radius 1 is 0.905 bits per heavy atom. The minimum atomic E-state index is -0.983. The summed E-state index contributed by atoms with van der Waals surface area (Å²) in [6.07, 6.45) is 0.189. The van der Waals surface area contributed by atoms with E-state index >= 15 is 0 Å². The van der Waals surface area contributed by atoms with Crippen LogP contribution in [0.5, 0.6) is 0 Å². The van der Waals surface area contributed by atoms with E-state index < -0.39 is 5.97 Å². The monoisotopic (exact) mass is 283 g/mol. The van der Waals surface area contributed by atoms with Crippen molar-refractivity contribution in [2.24, 2.45) is 16.0 Å². The standard InChI is InChI=1S/C15H13N3O3/c16-14(19)9-10-1-5-12(6-2-10)17-18-13-7-3-11(4-8-13)15(20)21/h1-8H,9H2,(H2,16,19)(H,20,21). The molecule has 0 spiro atoms. The Bertz CT molecular complexity index is 676. The van der Waals surface area contributed by atoms with Crippen molar-refractivity contribution in [2.75, 3.05) is 0 Å². The lowest BCUT2D eigenvalue weighted by atomic mass is 10.1. The van der Waals surface area contributed by atoms with Gasteiger partial charge in [0, 0.05) is 0 Å². The number of hydrogen-bond donors (Lipinski definition) is 2. The molecule has 0 aliphatic heterocycles. The van der Waals surface area contributed by atoms with Crippen molar-refractivity contribution in [1.82, 2.24) is 0 Å². The second kappa shape index (κ2) is 6.42. The lowest BCUT2D eigenvalue weighted by molar-refractivity contribution is -0.117. The molecule has 0 heterocycles. The SMILES string of the molecule is NC(=O)Cc1ccc(N=Nc2ccc(C(=O)O)cc2)cc1. The number of carbonyl (C=O) groups is 2. The minimum Gasteiger partial charge on any atom is -0.478 e. The van der Waals surface area contributed by atoms with Crippen LogP contribution in [0.1, 0.15) is 15.9 Å². The number of nitrogens with zero attached hydrogens (tertiary/aromatic N) is 2. The zero-order chi connectivity index (χ0) is 15.2. The Balaban J connectivity index is 2.06. The molecule has 6 heteroatoms. The third-order valence-electron chi connectivity index (χ3n) is 2.71. The number of aromatic carboxylic acids is 1. The van der Waals surface area contributed by atoms with E-state index in [4.69, 9.17) is 10.8 Å². The predicted molar refractivity (Wildman–Crippen MR) is 76.9 cm³/mol. The molecule has 0 aromatic heterocycles. The number of amides is 1. The second-order valence-corrected chi connectivity index (χ2v) is 4.36. The molecule has 0 fully saturated rings. The van der Waals surface area contributed by atoms with Crippen LogP contribution in [0.3, 0.4) is 0 Å². The van der Waals surface area contributed by atoms with Crippen LogP contribution in [0, 0.1) is 0 Å². The van der Waals surface area contributed by atoms with E-state index in [0.717, 1.165) is 5.56 Å². The topological polar surface area (TPSA) is 105 Å². The highest BCUT2D eigenvalue weighted by atomic mass is 16.4. The van der Waals surface area contributed by atoms with Crippen LogP contribution < -0.4 is 5.73 Å². The summed E-state index contributed by atoms with van der Waals surface area (Å²) < 4.78 is 0. The molecular weight excluding hydrogens is 270 g/mol. The van der Waals surface area contributed by atoms with Crippen molar-refractivity contribution in [2.45, 2.75) is 6.42 Å². The lowest BCUT2D eigenvalue weighted by Crippen LogP contribution is -2.13. The summed E-state index contributed by atoms with van der Waals surface area (Å²) in [5.41, 5.74) is 7.31. The zero-order valence-corrected chi connectivity index (χ0v) is 11.1. The maximum atomic E-state index is 10.8. The maximum Gasteiger partial charge on any atom is 0.335 e. The fourth-order valence-electron chi connectivity index (χ4n) is 1.67. The molecule has 6 nitrogen and oxygen atoms in total. The molecule has 2 aromatic carbocycles. The van der Waals surface area contributed by atoms with Crippen molar-refractivity contribution in [3.05, 3.63) is 59.7 Å². The molecule has 2 rings (SSSR count). The van der Waals surface area contributed by atoms with Crippen LogP contribution in [0.4, 0.5) is 11.4 Å². The summed E-state index contributed by atoms with van der Waals surface area (Å²) in [7, 11) is 0. The van der Waals surface area contributed by atoms with Gasteiger partial charge in [-0.05, 0) is 42.0 Å². The van der Waals surface area contributed by atoms with Crippen LogP contribution >= 0.6 is 0 Å². The molecular formula is C15H13N3O3. The quantitative estimate of drug-likeness (QED) is 0.824. The average molecular weight is 283 g/mol. The first-order valence-corrected chi connectivity index (χ1v) is 6.17. The largest absolute Gasteiger partial charge is 0.478 e. The van der Waals surface area contributed by atoms with Gasteiger partial charge in [-0.3, -0.25) is 4.79 Å². The van der Waals surface area contributed by atoms with Crippen molar-refractivity contribution in [3.8, 4) is 0 Å². The highest BCUT2D eigenvalue weighted by molar-refractivity contribution is 5.87. The summed E-state index contributed by atoms with van der Waals surface area (Å²) in [4.78, 5) is 21.5. The first-order chi connectivity index (χ1) is 10.0. The Morgan fingerprint density at radius 2 is 1.38 bits per heavy atom. The molecule has 0 unspecified atom stereocenters. The summed E-state index contributed by atoms with van der Waals surface area (Å²) in [5, 5.41) is 16.8. The van der Waals surface area contributed by atoms with Gasteiger partial charge in [0.15, 0.2) is 0 Å². The molecule has 0 aliphatic rings. The Kier molecular flexibility index (Phi) is 4.40. The van der Waals surface area contributed by atoms with Gasteiger partial charge in [-0.25, -0.2) is 4.79 Å². The number of carboxylic acid groups (broad SMARTS) is 1. The van der Waals surface area contributed by atoms with E-state index in [-0.39, 0.29) is 17.9 Å². The van der Waals surface area contributed by atoms with Crippen LogP contribution in [0.15, 0.2) is 58.8 Å². The number of rotatable bonds is 5. The third-order valence-corrected chi connectivity index (χ3v) is 2.71. The Labute approximate surface area is 120 Å². The van der Waals surface area contributed by atoms with Gasteiger partial charge in [-0.1, -0.05) is 12.1 Å². The van der Waals surface area contributed by atoms with Gasteiger partial charge in [0.05, 0.1) is 23.4 Å². The molecule has 0 aliphatic carbocycles. The molecule has 2 aromatic rings. The van der Waals surface area contributed by atoms with Crippen LogP contribution in [0.25, 0.3) is 0 Å². The number of carbonyl (C=O) groups excluding carboxylic acids is 1. The number of carboxylic acids is 1. The highest BCUT2D eigenvalue weighted by Crippen LogP contribution is 2.19. The molecule has 0 saturated heterocycles. The van der Waals surface area contributed by atoms with Gasteiger partial charge in [-0.2, -0.15) is 10.2 Å². The molecule has 3 N–H and O–H groups in total. The predicted octanol–water partition coefficient (Wildman–Crippen LogP) is 2.83. The second-order valence-electron chi connectivity index (χ2n) is 4.36. The van der Waals surface area contributed by atoms with Gasteiger partial charge in [0.25, 0.3) is 0 Å². The van der Waals surface area contributed by atoms with Crippen molar-refractivity contribution in [1.29, 1.82) is 0 Å². The molecule has 21 heavy (non-hydrogen) atoms. The van der Waals surface area contributed by atoms with Crippen LogP contribution in [0.2, 0.25) is 0 Å². The third kappa shape index (κ3) is 4.24. The van der Waals surface area contributed by atoms with E-state index in [1.165, 1.54) is 12.1 Å². The number of benzene rings is 2. The summed E-state index contributed by atoms with van der Waals surface area (Å²) >= 11 is 0. The average Bonchev–Trinajstić information content (AvgIpc) is 2.46. The van der Waals surface area contributed by atoms with Crippen LogP contribution in [-0.4, -0.2) is 17.0 Å². The van der Waals surface area contributed by atoms with Crippen molar-refractivity contribution in [3.63, 3.8) is 0 Å². The number of azo groups is 1. The van der Waals surface area contributed by atoms with E-state index in [1.807, 2.05) is 0 Å². The van der Waals surface area contributed by atoms with Crippen LogP contribution in [-0.2, 0) is 11.2 Å². The zero-order valence-electron chi connectivity index (χ0n) is 11.1. The summed E-state index contributed by atoms with van der Waals surface area (Å²) in [5.74, 6) is -1.37. The van der Waals surface area contributed by atoms with E-state index in [9.17, 15) is 9.59 Å². The van der Waals surface area contributed by atoms with E-state index in [1.54, 1.807) is 36.4 Å². The Morgan fingerprint density at radius 3 is 1.81 bits per heavy atom. The van der Waals surface area contributed by atoms with Gasteiger partial charge in [0.2, 0.25) is 5.91 Å². The highest BCUT2D eigenvalue weighted by Gasteiger charge is 2.01. The van der Waals surface area contributed by atoms with E-state index in [0.29, 0.717) is 11.4 Å². The normalized spacial score (nSPS) is 10.7. The van der Waals surface area contributed by atoms with Gasteiger partial charge < -0.3 is 10.8 Å². The number of primary amides is 1. The molecule has 0 atom stereocenters. The number of hydrogen-bond acceptors (Lipinski definition) is 4. The van der Waals surface area contributed by atoms with Crippen molar-refractivity contribution >= 4 is 23.3 Å². The summed E-state index contributed by atoms with van der Waals surface area (Å²) in [6.45, 7) is 0. The molecule has 0 radical (unpaired) electrons. The Hall–Kier alpha value is -3.02. The summed E-state index contributed by atoms with van der Waals surface area (Å²) in [6, 6.07) is 13.1. The molecule has 1 amide bonds. The minimum absolute atomic E-state index is 0.189. The first-order valence-electron chi connectivity index (χ1n) is 6.17. The fourth-order valence-corrected chi connectivity index (χ4v) is 1.67. The van der Waals surface area contributed by atoms with Gasteiger partial charge in [0.1, 0.15) is 0 Å².